The second-order valence-electron chi connectivity index (χ2n) is 5.09. The molecular weight excluding hydrogens is 287 g/mol. The maximum atomic E-state index is 12.7. The van der Waals surface area contributed by atoms with Crippen LogP contribution >= 0.6 is 0 Å². The molecule has 1 saturated heterocycles. The van der Waals surface area contributed by atoms with Crippen LogP contribution in [0.1, 0.15) is 22.3 Å². The number of benzene rings is 1. The maximum Gasteiger partial charge on any atom is 0.416 e. The molecule has 0 aliphatic carbocycles. The average molecular weight is 303 g/mol. The molecule has 7 heteroatoms. The molecule has 0 radical (unpaired) electrons. The minimum atomic E-state index is -4.55. The zero-order valence-electron chi connectivity index (χ0n) is 11.5. The first-order valence-electron chi connectivity index (χ1n) is 6.51. The summed E-state index contributed by atoms with van der Waals surface area (Å²) in [5.74, 6) is -1.09. The number of hydrogen-bond donors (Lipinski definition) is 1. The molecule has 1 aliphatic heterocycles. The van der Waals surface area contributed by atoms with Crippen molar-refractivity contribution in [1.29, 1.82) is 0 Å². The minimum Gasteiger partial charge on any atom is -0.478 e. The van der Waals surface area contributed by atoms with E-state index in [1.807, 2.05) is 0 Å². The van der Waals surface area contributed by atoms with Crippen molar-refractivity contribution in [2.45, 2.75) is 12.6 Å². The molecule has 1 aromatic carbocycles. The first-order chi connectivity index (χ1) is 9.82. The Kier molecular flexibility index (Phi) is 4.41. The Morgan fingerprint density at radius 2 is 2.19 bits per heavy atom. The zero-order chi connectivity index (χ0) is 15.6. The van der Waals surface area contributed by atoms with E-state index in [1.54, 1.807) is 12.0 Å². The normalized spacial score (nSPS) is 19.0. The predicted octanol–water partition coefficient (Wildman–Crippen LogP) is 2.88. The second-order valence-corrected chi connectivity index (χ2v) is 5.09. The lowest BCUT2D eigenvalue weighted by molar-refractivity contribution is -0.137. The number of alkyl halides is 3. The van der Waals surface area contributed by atoms with Gasteiger partial charge in [0.15, 0.2) is 0 Å². The van der Waals surface area contributed by atoms with Crippen molar-refractivity contribution in [2.24, 2.45) is 5.92 Å². The van der Waals surface area contributed by atoms with Crippen molar-refractivity contribution in [2.75, 3.05) is 31.7 Å². The molecule has 1 aliphatic rings. The van der Waals surface area contributed by atoms with E-state index < -0.39 is 17.7 Å². The van der Waals surface area contributed by atoms with E-state index in [0.717, 1.165) is 12.5 Å². The van der Waals surface area contributed by atoms with Gasteiger partial charge in [0.25, 0.3) is 0 Å². The van der Waals surface area contributed by atoms with Gasteiger partial charge in [-0.1, -0.05) is 0 Å². The number of halogens is 3. The van der Waals surface area contributed by atoms with E-state index in [4.69, 9.17) is 9.84 Å². The summed E-state index contributed by atoms with van der Waals surface area (Å²) in [5, 5.41) is 9.17. The van der Waals surface area contributed by atoms with E-state index in [0.29, 0.717) is 31.5 Å². The molecule has 116 valence electrons. The molecule has 0 spiro atoms. The van der Waals surface area contributed by atoms with E-state index in [9.17, 15) is 18.0 Å². The summed E-state index contributed by atoms with van der Waals surface area (Å²) in [5.41, 5.74) is -0.937. The van der Waals surface area contributed by atoms with Gasteiger partial charge in [0, 0.05) is 26.1 Å². The second kappa shape index (κ2) is 5.93. The lowest BCUT2D eigenvalue weighted by Crippen LogP contribution is -2.23. The lowest BCUT2D eigenvalue weighted by Gasteiger charge is -2.21. The van der Waals surface area contributed by atoms with Crippen LogP contribution in [-0.4, -0.2) is 37.9 Å². The van der Waals surface area contributed by atoms with Crippen LogP contribution < -0.4 is 4.90 Å². The number of carboxylic acids is 1. The summed E-state index contributed by atoms with van der Waals surface area (Å²) >= 11 is 0. The fourth-order valence-electron chi connectivity index (χ4n) is 2.58. The molecule has 1 heterocycles. The molecule has 0 amide bonds. The highest BCUT2D eigenvalue weighted by molar-refractivity contribution is 5.94. The number of carboxylic acid groups (broad SMARTS) is 1. The predicted molar refractivity (Wildman–Crippen MR) is 70.6 cm³/mol. The Hall–Kier alpha value is -1.76. The third-order valence-corrected chi connectivity index (χ3v) is 3.58. The molecule has 1 fully saturated rings. The topological polar surface area (TPSA) is 49.8 Å². The first kappa shape index (κ1) is 15.6. The van der Waals surface area contributed by atoms with Crippen molar-refractivity contribution in [3.05, 3.63) is 29.3 Å². The number of aromatic carboxylic acids is 1. The smallest absolute Gasteiger partial charge is 0.416 e. The van der Waals surface area contributed by atoms with Crippen molar-refractivity contribution < 1.29 is 27.8 Å². The molecule has 2 rings (SSSR count). The van der Waals surface area contributed by atoms with Gasteiger partial charge in [0.05, 0.1) is 23.4 Å². The van der Waals surface area contributed by atoms with Gasteiger partial charge in [-0.2, -0.15) is 13.2 Å². The van der Waals surface area contributed by atoms with Gasteiger partial charge in [-0.3, -0.25) is 0 Å². The molecule has 1 N–H and O–H groups in total. The lowest BCUT2D eigenvalue weighted by atomic mass is 10.1. The molecule has 1 atom stereocenters. The van der Waals surface area contributed by atoms with Gasteiger partial charge >= 0.3 is 12.1 Å². The van der Waals surface area contributed by atoms with Crippen LogP contribution in [0.4, 0.5) is 18.9 Å². The first-order valence-corrected chi connectivity index (χ1v) is 6.51. The van der Waals surface area contributed by atoms with Crippen LogP contribution in [0.15, 0.2) is 18.2 Å². The van der Waals surface area contributed by atoms with Crippen LogP contribution in [0, 0.1) is 5.92 Å². The van der Waals surface area contributed by atoms with E-state index in [1.165, 1.54) is 6.07 Å². The molecule has 21 heavy (non-hydrogen) atoms. The standard InChI is InChI=1S/C14H16F3NO3/c1-21-8-9-4-5-18(7-9)12-3-2-10(14(15,16)17)6-11(12)13(19)20/h2-3,6,9H,4-5,7-8H2,1H3,(H,19,20). The molecule has 0 saturated carbocycles. The van der Waals surface area contributed by atoms with Crippen LogP contribution in [0.5, 0.6) is 0 Å². The molecule has 1 aromatic rings. The highest BCUT2D eigenvalue weighted by Gasteiger charge is 2.33. The Morgan fingerprint density at radius 1 is 1.48 bits per heavy atom. The zero-order valence-corrected chi connectivity index (χ0v) is 11.5. The van der Waals surface area contributed by atoms with Gasteiger partial charge in [-0.25, -0.2) is 4.79 Å². The Bertz CT molecular complexity index is 531. The fraction of sp³-hybridized carbons (Fsp3) is 0.500. The number of anilines is 1. The fourth-order valence-corrected chi connectivity index (χ4v) is 2.58. The maximum absolute atomic E-state index is 12.7. The number of ether oxygens (including phenoxy) is 1. The van der Waals surface area contributed by atoms with Crippen LogP contribution in [-0.2, 0) is 10.9 Å². The van der Waals surface area contributed by atoms with Gasteiger partial charge in [-0.15, -0.1) is 0 Å². The summed E-state index contributed by atoms with van der Waals surface area (Å²) in [4.78, 5) is 13.0. The van der Waals surface area contributed by atoms with Crippen LogP contribution in [0.2, 0.25) is 0 Å². The van der Waals surface area contributed by atoms with Crippen LogP contribution in [0.25, 0.3) is 0 Å². The third-order valence-electron chi connectivity index (χ3n) is 3.58. The van der Waals surface area contributed by atoms with E-state index in [2.05, 4.69) is 0 Å². The van der Waals surface area contributed by atoms with E-state index >= 15 is 0 Å². The molecular formula is C14H16F3NO3. The monoisotopic (exact) mass is 303 g/mol. The Labute approximate surface area is 120 Å². The van der Waals surface area contributed by atoms with Gasteiger partial charge in [0.2, 0.25) is 0 Å². The summed E-state index contributed by atoms with van der Waals surface area (Å²) in [6.45, 7) is 1.75. The van der Waals surface area contributed by atoms with Crippen LogP contribution in [0.3, 0.4) is 0 Å². The SMILES string of the molecule is COCC1CCN(c2ccc(C(F)(F)F)cc2C(=O)O)C1. The summed E-state index contributed by atoms with van der Waals surface area (Å²) in [6.07, 6.45) is -3.72. The van der Waals surface area contributed by atoms with Crippen molar-refractivity contribution in [3.63, 3.8) is 0 Å². The number of carbonyl (C=O) groups is 1. The van der Waals surface area contributed by atoms with Gasteiger partial charge < -0.3 is 14.7 Å². The van der Waals surface area contributed by atoms with Gasteiger partial charge in [-0.05, 0) is 24.6 Å². The average Bonchev–Trinajstić information content (AvgIpc) is 2.86. The molecule has 0 aromatic heterocycles. The summed E-state index contributed by atoms with van der Waals surface area (Å²) in [6, 6.07) is 2.86. The number of hydrogen-bond acceptors (Lipinski definition) is 3. The van der Waals surface area contributed by atoms with Gasteiger partial charge in [0.1, 0.15) is 0 Å². The number of nitrogens with zero attached hydrogens (tertiary/aromatic N) is 1. The molecule has 1 unspecified atom stereocenters. The summed E-state index contributed by atoms with van der Waals surface area (Å²) < 4.78 is 43.1. The van der Waals surface area contributed by atoms with Crippen molar-refractivity contribution in [3.8, 4) is 0 Å². The quantitative estimate of drug-likeness (QED) is 0.929. The summed E-state index contributed by atoms with van der Waals surface area (Å²) in [7, 11) is 1.59. The highest BCUT2D eigenvalue weighted by Crippen LogP contribution is 2.34. The number of methoxy groups -OCH3 is 1. The largest absolute Gasteiger partial charge is 0.478 e. The van der Waals surface area contributed by atoms with E-state index in [-0.39, 0.29) is 11.5 Å². The van der Waals surface area contributed by atoms with Crippen molar-refractivity contribution in [1.82, 2.24) is 0 Å². The Balaban J connectivity index is 2.30. The molecule has 0 bridgehead atoms. The number of rotatable bonds is 4. The molecule has 4 nitrogen and oxygen atoms in total. The third kappa shape index (κ3) is 3.47. The van der Waals surface area contributed by atoms with Crippen molar-refractivity contribution >= 4 is 11.7 Å². The highest BCUT2D eigenvalue weighted by atomic mass is 19.4. The Morgan fingerprint density at radius 3 is 2.76 bits per heavy atom. The minimum absolute atomic E-state index is 0.263.